The van der Waals surface area contributed by atoms with Gasteiger partial charge in [0, 0.05) is 20.0 Å². The van der Waals surface area contributed by atoms with Gasteiger partial charge in [-0.3, -0.25) is 14.4 Å². The second-order valence-corrected chi connectivity index (χ2v) is 7.15. The Balaban J connectivity index is 1.92. The van der Waals surface area contributed by atoms with E-state index in [4.69, 9.17) is 12.2 Å². The molecular formula is C22H26N4O4S. The van der Waals surface area contributed by atoms with Crippen molar-refractivity contribution in [2.24, 2.45) is 0 Å². The van der Waals surface area contributed by atoms with Crippen molar-refractivity contribution in [3.63, 3.8) is 0 Å². The van der Waals surface area contributed by atoms with Gasteiger partial charge in [0.2, 0.25) is 11.8 Å². The first-order chi connectivity index (χ1) is 14.9. The minimum Gasteiger partial charge on any atom is -0.481 e. The molecule has 164 valence electrons. The average Bonchev–Trinajstić information content (AvgIpc) is 2.77. The highest BCUT2D eigenvalue weighted by atomic mass is 32.1. The molecule has 0 saturated heterocycles. The number of carbonyl (C=O) groups excluding carboxylic acids is 2. The summed E-state index contributed by atoms with van der Waals surface area (Å²) in [7, 11) is 1.67. The topological polar surface area (TPSA) is 120 Å². The zero-order chi connectivity index (χ0) is 22.6. The first kappa shape index (κ1) is 23.8. The van der Waals surface area contributed by atoms with E-state index in [1.165, 1.54) is 0 Å². The van der Waals surface area contributed by atoms with Crippen LogP contribution in [0.5, 0.6) is 0 Å². The molecule has 0 aliphatic heterocycles. The fourth-order valence-corrected chi connectivity index (χ4v) is 2.96. The van der Waals surface area contributed by atoms with Crippen LogP contribution in [0.25, 0.3) is 11.1 Å². The van der Waals surface area contributed by atoms with E-state index in [0.717, 1.165) is 11.1 Å². The van der Waals surface area contributed by atoms with Crippen LogP contribution in [0.4, 0.5) is 0 Å². The fraction of sp³-hybridized carbons (Fsp3) is 0.273. The van der Waals surface area contributed by atoms with Gasteiger partial charge in [-0.05, 0) is 28.9 Å². The van der Waals surface area contributed by atoms with Gasteiger partial charge in [-0.25, -0.2) is 0 Å². The third-order valence-electron chi connectivity index (χ3n) is 4.44. The number of carboxylic acids is 1. The lowest BCUT2D eigenvalue weighted by atomic mass is 9.99. The quantitative estimate of drug-likeness (QED) is 0.355. The van der Waals surface area contributed by atoms with Gasteiger partial charge in [0.05, 0.1) is 19.0 Å². The van der Waals surface area contributed by atoms with Gasteiger partial charge in [-0.1, -0.05) is 54.6 Å². The van der Waals surface area contributed by atoms with Crippen molar-refractivity contribution in [3.8, 4) is 11.1 Å². The summed E-state index contributed by atoms with van der Waals surface area (Å²) >= 11 is 4.91. The van der Waals surface area contributed by atoms with Gasteiger partial charge in [-0.2, -0.15) is 0 Å². The number of rotatable bonds is 10. The van der Waals surface area contributed by atoms with Gasteiger partial charge in [0.15, 0.2) is 5.11 Å². The van der Waals surface area contributed by atoms with Crippen LogP contribution in [-0.4, -0.2) is 48.1 Å². The lowest BCUT2D eigenvalue weighted by molar-refractivity contribution is -0.138. The Kier molecular flexibility index (Phi) is 9.44. The van der Waals surface area contributed by atoms with Crippen LogP contribution in [0.1, 0.15) is 24.4 Å². The molecule has 2 amide bonds. The molecule has 0 radical (unpaired) electrons. The average molecular weight is 443 g/mol. The molecule has 0 heterocycles. The predicted molar refractivity (Wildman–Crippen MR) is 122 cm³/mol. The Hall–Kier alpha value is -3.46. The van der Waals surface area contributed by atoms with Crippen LogP contribution in [0.3, 0.4) is 0 Å². The highest BCUT2D eigenvalue weighted by molar-refractivity contribution is 7.80. The van der Waals surface area contributed by atoms with E-state index >= 15 is 0 Å². The van der Waals surface area contributed by atoms with Crippen molar-refractivity contribution < 1.29 is 19.5 Å². The molecule has 31 heavy (non-hydrogen) atoms. The molecule has 1 unspecified atom stereocenters. The first-order valence-electron chi connectivity index (χ1n) is 9.78. The van der Waals surface area contributed by atoms with Crippen molar-refractivity contribution in [1.29, 1.82) is 0 Å². The summed E-state index contributed by atoms with van der Waals surface area (Å²) in [5.41, 5.74) is 2.70. The number of benzene rings is 2. The standard InChI is InChI=1S/C22H26N4O4S/c1-23-22(31)24-12-11-19(27)25-14-20(28)26-18(13-21(29)30)17-9-7-16(8-10-17)15-5-3-2-4-6-15/h2-10,18H,11-14H2,1H3,(H,25,27)(H,26,28)(H,29,30)(H2,23,24,31). The van der Waals surface area contributed by atoms with Crippen LogP contribution >= 0.6 is 12.2 Å². The lowest BCUT2D eigenvalue weighted by Crippen LogP contribution is -2.40. The van der Waals surface area contributed by atoms with Crippen molar-refractivity contribution in [2.75, 3.05) is 20.1 Å². The molecule has 0 fully saturated rings. The number of hydrogen-bond donors (Lipinski definition) is 5. The van der Waals surface area contributed by atoms with Gasteiger partial charge in [0.25, 0.3) is 0 Å². The molecule has 0 aliphatic carbocycles. The van der Waals surface area contributed by atoms with Gasteiger partial charge < -0.3 is 26.4 Å². The molecule has 2 aromatic carbocycles. The zero-order valence-electron chi connectivity index (χ0n) is 17.2. The predicted octanol–water partition coefficient (Wildman–Crippen LogP) is 1.59. The molecular weight excluding hydrogens is 416 g/mol. The van der Waals surface area contributed by atoms with Gasteiger partial charge in [-0.15, -0.1) is 0 Å². The summed E-state index contributed by atoms with van der Waals surface area (Å²) in [5, 5.41) is 20.4. The molecule has 0 aromatic heterocycles. The fourth-order valence-electron chi connectivity index (χ4n) is 2.86. The molecule has 0 aliphatic rings. The summed E-state index contributed by atoms with van der Waals surface area (Å²) in [4.78, 5) is 35.4. The second kappa shape index (κ2) is 12.3. The maximum absolute atomic E-state index is 12.3. The van der Waals surface area contributed by atoms with Crippen LogP contribution in [0.2, 0.25) is 0 Å². The molecule has 9 heteroatoms. The van der Waals surface area contributed by atoms with Gasteiger partial charge in [0.1, 0.15) is 0 Å². The molecule has 0 saturated carbocycles. The van der Waals surface area contributed by atoms with E-state index in [1.807, 2.05) is 42.5 Å². The summed E-state index contributed by atoms with van der Waals surface area (Å²) in [6.07, 6.45) is -0.121. The highest BCUT2D eigenvalue weighted by Crippen LogP contribution is 2.23. The molecule has 2 aromatic rings. The van der Waals surface area contributed by atoms with Crippen molar-refractivity contribution in [2.45, 2.75) is 18.9 Å². The monoisotopic (exact) mass is 442 g/mol. The molecule has 0 bridgehead atoms. The summed E-state index contributed by atoms with van der Waals surface area (Å²) in [6.45, 7) is 0.0933. The minimum absolute atomic E-state index is 0.147. The smallest absolute Gasteiger partial charge is 0.305 e. The molecule has 8 nitrogen and oxygen atoms in total. The van der Waals surface area contributed by atoms with E-state index in [2.05, 4.69) is 21.3 Å². The number of nitrogens with one attached hydrogen (secondary N) is 4. The highest BCUT2D eigenvalue weighted by Gasteiger charge is 2.18. The Morgan fingerprint density at radius 2 is 1.58 bits per heavy atom. The number of amides is 2. The van der Waals surface area contributed by atoms with Crippen molar-refractivity contribution in [1.82, 2.24) is 21.3 Å². The SMILES string of the molecule is CNC(=S)NCCC(=O)NCC(=O)NC(CC(=O)O)c1ccc(-c2ccccc2)cc1. The number of carbonyl (C=O) groups is 3. The van der Waals surface area contributed by atoms with E-state index < -0.39 is 17.9 Å². The Bertz CT molecular complexity index is 903. The Labute approximate surface area is 186 Å². The van der Waals surface area contributed by atoms with Crippen LogP contribution in [0.15, 0.2) is 54.6 Å². The van der Waals surface area contributed by atoms with E-state index in [0.29, 0.717) is 17.2 Å². The van der Waals surface area contributed by atoms with Crippen LogP contribution < -0.4 is 21.3 Å². The van der Waals surface area contributed by atoms with Crippen LogP contribution in [-0.2, 0) is 14.4 Å². The maximum Gasteiger partial charge on any atom is 0.305 e. The van der Waals surface area contributed by atoms with Crippen molar-refractivity contribution >= 4 is 35.1 Å². The van der Waals surface area contributed by atoms with Gasteiger partial charge >= 0.3 is 5.97 Å². The number of hydrogen-bond acceptors (Lipinski definition) is 4. The lowest BCUT2D eigenvalue weighted by Gasteiger charge is -2.18. The minimum atomic E-state index is -1.03. The first-order valence-corrected chi connectivity index (χ1v) is 10.2. The van der Waals surface area contributed by atoms with Crippen molar-refractivity contribution in [3.05, 3.63) is 60.2 Å². The number of carboxylic acid groups (broad SMARTS) is 1. The summed E-state index contributed by atoms with van der Waals surface area (Å²) in [6, 6.07) is 16.4. The number of thiocarbonyl (C=S) groups is 1. The van der Waals surface area contributed by atoms with Crippen LogP contribution in [0, 0.1) is 0 Å². The van der Waals surface area contributed by atoms with E-state index in [9.17, 15) is 19.5 Å². The normalized spacial score (nSPS) is 11.1. The summed E-state index contributed by atoms with van der Waals surface area (Å²) < 4.78 is 0. The molecule has 1 atom stereocenters. The zero-order valence-corrected chi connectivity index (χ0v) is 18.0. The Morgan fingerprint density at radius 3 is 2.19 bits per heavy atom. The molecule has 0 spiro atoms. The molecule has 5 N–H and O–H groups in total. The third kappa shape index (κ3) is 8.43. The maximum atomic E-state index is 12.3. The Morgan fingerprint density at radius 1 is 0.935 bits per heavy atom. The second-order valence-electron chi connectivity index (χ2n) is 6.74. The van der Waals surface area contributed by atoms with E-state index in [1.54, 1.807) is 19.2 Å². The van der Waals surface area contributed by atoms with E-state index in [-0.39, 0.29) is 25.3 Å². The summed E-state index contributed by atoms with van der Waals surface area (Å²) in [5.74, 6) is -1.82. The number of aliphatic carboxylic acids is 1. The largest absolute Gasteiger partial charge is 0.481 e. The molecule has 2 rings (SSSR count). The third-order valence-corrected chi connectivity index (χ3v) is 4.79.